The van der Waals surface area contributed by atoms with Crippen molar-refractivity contribution in [1.29, 1.82) is 0 Å². The lowest BCUT2D eigenvalue weighted by Crippen LogP contribution is -2.08. The van der Waals surface area contributed by atoms with Gasteiger partial charge in [-0.2, -0.15) is 0 Å². The first-order valence-corrected chi connectivity index (χ1v) is 13.0. The second kappa shape index (κ2) is 17.0. The van der Waals surface area contributed by atoms with Gasteiger partial charge < -0.3 is 4.74 Å². The third-order valence-electron chi connectivity index (χ3n) is 6.00. The van der Waals surface area contributed by atoms with Crippen molar-refractivity contribution in [2.24, 2.45) is 0 Å². The van der Waals surface area contributed by atoms with Crippen LogP contribution in [0.1, 0.15) is 108 Å². The van der Waals surface area contributed by atoms with E-state index in [1.807, 2.05) is 24.3 Å². The van der Waals surface area contributed by atoms with Gasteiger partial charge in [-0.15, -0.1) is 0 Å². The van der Waals surface area contributed by atoms with Gasteiger partial charge in [0.1, 0.15) is 0 Å². The van der Waals surface area contributed by atoms with E-state index in [4.69, 9.17) is 4.74 Å². The molecular formula is C29H42N2O2. The van der Waals surface area contributed by atoms with Crippen LogP contribution in [0.4, 0.5) is 0 Å². The summed E-state index contributed by atoms with van der Waals surface area (Å²) in [6.45, 7) is 4.46. The van der Waals surface area contributed by atoms with Crippen molar-refractivity contribution >= 4 is 5.97 Å². The number of esters is 1. The summed E-state index contributed by atoms with van der Waals surface area (Å²) in [7, 11) is 0. The maximum absolute atomic E-state index is 12.3. The predicted molar refractivity (Wildman–Crippen MR) is 136 cm³/mol. The van der Waals surface area contributed by atoms with Crippen molar-refractivity contribution in [1.82, 2.24) is 9.97 Å². The van der Waals surface area contributed by atoms with Gasteiger partial charge in [-0.05, 0) is 30.4 Å². The average molecular weight is 451 g/mol. The number of aryl methyl sites for hydroxylation is 1. The van der Waals surface area contributed by atoms with E-state index in [1.165, 1.54) is 69.4 Å². The molecule has 1 unspecified atom stereocenters. The maximum atomic E-state index is 12.3. The van der Waals surface area contributed by atoms with Crippen LogP contribution in [0.15, 0.2) is 54.9 Å². The first-order chi connectivity index (χ1) is 16.2. The molecule has 0 radical (unpaired) electrons. The molecule has 180 valence electrons. The molecule has 1 atom stereocenters. The molecule has 0 aliphatic rings. The summed E-state index contributed by atoms with van der Waals surface area (Å²) >= 11 is 0. The summed E-state index contributed by atoms with van der Waals surface area (Å²) in [5, 5.41) is 0. The highest BCUT2D eigenvalue weighted by Crippen LogP contribution is 2.24. The summed E-state index contributed by atoms with van der Waals surface area (Å²) in [5.74, 6) is -0.217. The van der Waals surface area contributed by atoms with E-state index >= 15 is 0 Å². The van der Waals surface area contributed by atoms with Gasteiger partial charge in [0.25, 0.3) is 0 Å². The lowest BCUT2D eigenvalue weighted by molar-refractivity contribution is -0.129. The largest absolute Gasteiger partial charge is 0.388 e. The van der Waals surface area contributed by atoms with Crippen LogP contribution < -0.4 is 4.74 Å². The van der Waals surface area contributed by atoms with Crippen LogP contribution in [-0.2, 0) is 11.2 Å². The molecule has 1 aromatic carbocycles. The number of benzene rings is 1. The monoisotopic (exact) mass is 450 g/mol. The fraction of sp³-hybridized carbons (Fsp3) is 0.552. The third-order valence-corrected chi connectivity index (χ3v) is 6.00. The number of rotatable bonds is 17. The predicted octanol–water partition coefficient (Wildman–Crippen LogP) is 7.99. The van der Waals surface area contributed by atoms with Gasteiger partial charge in [0.05, 0.1) is 0 Å². The molecule has 0 fully saturated rings. The molecule has 0 bridgehead atoms. The highest BCUT2D eigenvalue weighted by Gasteiger charge is 2.10. The van der Waals surface area contributed by atoms with Gasteiger partial charge in [-0.25, -0.2) is 14.8 Å². The number of ether oxygens (including phenoxy) is 1. The van der Waals surface area contributed by atoms with Crippen LogP contribution in [0.2, 0.25) is 0 Å². The topological polar surface area (TPSA) is 52.1 Å². The standard InChI is InChI=1S/C29H42N2O2/c1-3-5-7-9-10-11-13-17-25-23-30-29(31-24-25)33-28(32)22-21-27(20-14-8-6-4-2)26-18-15-12-16-19-26/h12,15-16,18-19,21-24,27H,3-11,13-14,17,20H2,1-2H3. The van der Waals surface area contributed by atoms with E-state index in [2.05, 4.69) is 35.9 Å². The minimum absolute atomic E-state index is 0.118. The molecule has 0 aliphatic heterocycles. The second-order valence-electron chi connectivity index (χ2n) is 8.89. The quantitative estimate of drug-likeness (QED) is 0.139. The van der Waals surface area contributed by atoms with E-state index < -0.39 is 5.97 Å². The van der Waals surface area contributed by atoms with Gasteiger partial charge in [0.2, 0.25) is 0 Å². The molecule has 0 N–H and O–H groups in total. The maximum Gasteiger partial charge on any atom is 0.338 e. The Morgan fingerprint density at radius 3 is 2.12 bits per heavy atom. The Morgan fingerprint density at radius 2 is 1.45 bits per heavy atom. The Bertz CT molecular complexity index is 787. The summed E-state index contributed by atoms with van der Waals surface area (Å²) in [6, 6.07) is 10.5. The SMILES string of the molecule is CCCCCCCCCc1cnc(OC(=O)C=CC(CCCCCC)c2ccccc2)nc1. The molecule has 0 amide bonds. The number of carbonyl (C=O) groups is 1. The molecule has 0 saturated heterocycles. The van der Waals surface area contributed by atoms with Crippen molar-refractivity contribution in [3.63, 3.8) is 0 Å². The Labute approximate surface area is 200 Å². The zero-order valence-corrected chi connectivity index (χ0v) is 20.7. The molecular weight excluding hydrogens is 408 g/mol. The van der Waals surface area contributed by atoms with Crippen LogP contribution in [0.25, 0.3) is 0 Å². The number of allylic oxidation sites excluding steroid dienone is 1. The fourth-order valence-corrected chi connectivity index (χ4v) is 3.99. The summed E-state index contributed by atoms with van der Waals surface area (Å²) in [6.07, 6.45) is 22.9. The molecule has 33 heavy (non-hydrogen) atoms. The number of nitrogens with zero attached hydrogens (tertiary/aromatic N) is 2. The zero-order chi connectivity index (χ0) is 23.6. The Hall–Kier alpha value is -2.49. The molecule has 4 heteroatoms. The summed E-state index contributed by atoms with van der Waals surface area (Å²) in [5.41, 5.74) is 2.32. The van der Waals surface area contributed by atoms with Crippen LogP contribution in [0.5, 0.6) is 6.01 Å². The van der Waals surface area contributed by atoms with Crippen molar-refractivity contribution < 1.29 is 9.53 Å². The molecule has 0 saturated carbocycles. The van der Waals surface area contributed by atoms with Crippen molar-refractivity contribution in [2.75, 3.05) is 0 Å². The molecule has 1 aromatic heterocycles. The molecule has 0 spiro atoms. The molecule has 0 aliphatic carbocycles. The number of carbonyl (C=O) groups excluding carboxylic acids is 1. The van der Waals surface area contributed by atoms with Crippen LogP contribution in [0.3, 0.4) is 0 Å². The van der Waals surface area contributed by atoms with E-state index in [9.17, 15) is 4.79 Å². The Morgan fingerprint density at radius 1 is 0.848 bits per heavy atom. The minimum Gasteiger partial charge on any atom is -0.388 e. The number of hydrogen-bond donors (Lipinski definition) is 0. The van der Waals surface area contributed by atoms with Gasteiger partial charge in [-0.1, -0.05) is 114 Å². The number of unbranched alkanes of at least 4 members (excludes halogenated alkanes) is 9. The van der Waals surface area contributed by atoms with E-state index in [1.54, 1.807) is 12.4 Å². The number of aromatic nitrogens is 2. The molecule has 4 nitrogen and oxygen atoms in total. The van der Waals surface area contributed by atoms with E-state index in [0.717, 1.165) is 31.2 Å². The van der Waals surface area contributed by atoms with E-state index in [-0.39, 0.29) is 11.9 Å². The smallest absolute Gasteiger partial charge is 0.338 e. The van der Waals surface area contributed by atoms with Crippen LogP contribution >= 0.6 is 0 Å². The molecule has 1 heterocycles. The second-order valence-corrected chi connectivity index (χ2v) is 8.89. The normalized spacial score (nSPS) is 12.2. The van der Waals surface area contributed by atoms with Crippen LogP contribution in [-0.4, -0.2) is 15.9 Å². The average Bonchev–Trinajstić information content (AvgIpc) is 2.84. The number of hydrogen-bond acceptors (Lipinski definition) is 4. The van der Waals surface area contributed by atoms with Crippen LogP contribution in [0, 0.1) is 0 Å². The van der Waals surface area contributed by atoms with Gasteiger partial charge in [-0.3, -0.25) is 0 Å². The lowest BCUT2D eigenvalue weighted by atomic mass is 9.92. The fourth-order valence-electron chi connectivity index (χ4n) is 3.99. The first kappa shape index (κ1) is 26.8. The van der Waals surface area contributed by atoms with Crippen molar-refractivity contribution in [2.45, 2.75) is 103 Å². The zero-order valence-electron chi connectivity index (χ0n) is 20.7. The van der Waals surface area contributed by atoms with Gasteiger partial charge in [0.15, 0.2) is 0 Å². The third kappa shape index (κ3) is 11.8. The van der Waals surface area contributed by atoms with Gasteiger partial charge >= 0.3 is 12.0 Å². The Balaban J connectivity index is 1.78. The molecule has 2 aromatic rings. The molecule has 2 rings (SSSR count). The highest BCUT2D eigenvalue weighted by atomic mass is 16.5. The van der Waals surface area contributed by atoms with E-state index in [0.29, 0.717) is 0 Å². The lowest BCUT2D eigenvalue weighted by Gasteiger charge is -2.13. The van der Waals surface area contributed by atoms with Crippen molar-refractivity contribution in [3.8, 4) is 6.01 Å². The summed E-state index contributed by atoms with van der Waals surface area (Å²) < 4.78 is 5.33. The summed E-state index contributed by atoms with van der Waals surface area (Å²) in [4.78, 5) is 20.8. The Kier molecular flexibility index (Phi) is 13.8. The highest BCUT2D eigenvalue weighted by molar-refractivity contribution is 5.83. The first-order valence-electron chi connectivity index (χ1n) is 13.0. The van der Waals surface area contributed by atoms with Crippen molar-refractivity contribution in [3.05, 3.63) is 66.0 Å². The minimum atomic E-state index is -0.427. The van der Waals surface area contributed by atoms with Gasteiger partial charge in [0, 0.05) is 24.4 Å².